The number of pyridine rings is 1. The SMILES string of the molecule is O=C1NCCn2c1cc1ncc(F)c(C3CC3)c12. The van der Waals surface area contributed by atoms with Crippen LogP contribution in [0.25, 0.3) is 11.0 Å². The molecule has 2 aromatic heterocycles. The Morgan fingerprint density at radius 1 is 1.44 bits per heavy atom. The van der Waals surface area contributed by atoms with Gasteiger partial charge in [0.25, 0.3) is 5.91 Å². The molecule has 3 heterocycles. The predicted octanol–water partition coefficient (Wildman–Crippen LogP) is 1.80. The first-order chi connectivity index (χ1) is 8.75. The zero-order valence-corrected chi connectivity index (χ0v) is 9.74. The van der Waals surface area contributed by atoms with E-state index in [1.54, 1.807) is 6.07 Å². The summed E-state index contributed by atoms with van der Waals surface area (Å²) in [5.74, 6) is -0.0298. The minimum atomic E-state index is -0.239. The van der Waals surface area contributed by atoms with E-state index in [0.29, 0.717) is 24.7 Å². The van der Waals surface area contributed by atoms with Gasteiger partial charge >= 0.3 is 0 Å². The molecular weight excluding hydrogens is 233 g/mol. The molecule has 1 N–H and O–H groups in total. The van der Waals surface area contributed by atoms with Crippen LogP contribution in [0.3, 0.4) is 0 Å². The number of amides is 1. The maximum absolute atomic E-state index is 14.0. The van der Waals surface area contributed by atoms with Crippen LogP contribution in [0, 0.1) is 5.82 Å². The molecule has 0 unspecified atom stereocenters. The number of nitrogens with one attached hydrogen (secondary N) is 1. The first-order valence-electron chi connectivity index (χ1n) is 6.21. The lowest BCUT2D eigenvalue weighted by molar-refractivity contribution is 0.0929. The van der Waals surface area contributed by atoms with Gasteiger partial charge in [0, 0.05) is 18.7 Å². The van der Waals surface area contributed by atoms with Crippen LogP contribution < -0.4 is 5.32 Å². The number of rotatable bonds is 1. The van der Waals surface area contributed by atoms with Crippen LogP contribution in [0.4, 0.5) is 4.39 Å². The van der Waals surface area contributed by atoms with Gasteiger partial charge in [0.15, 0.2) is 0 Å². The standard InChI is InChI=1S/C13H12FN3O/c14-8-6-16-9-5-10-13(18)15-3-4-17(10)12(9)11(8)7-1-2-7/h5-7H,1-4H2,(H,15,18). The van der Waals surface area contributed by atoms with Crippen molar-refractivity contribution in [1.29, 1.82) is 0 Å². The summed E-state index contributed by atoms with van der Waals surface area (Å²) in [6.45, 7) is 1.28. The molecule has 0 saturated heterocycles. The van der Waals surface area contributed by atoms with E-state index in [1.807, 2.05) is 4.57 Å². The van der Waals surface area contributed by atoms with E-state index in [-0.39, 0.29) is 11.7 Å². The van der Waals surface area contributed by atoms with Crippen molar-refractivity contribution in [2.24, 2.45) is 0 Å². The molecule has 4 rings (SSSR count). The number of hydrogen-bond donors (Lipinski definition) is 1. The summed E-state index contributed by atoms with van der Waals surface area (Å²) in [5.41, 5.74) is 2.89. The summed E-state index contributed by atoms with van der Waals surface area (Å²) in [6, 6.07) is 1.76. The van der Waals surface area contributed by atoms with Crippen LogP contribution in [0.15, 0.2) is 12.3 Å². The van der Waals surface area contributed by atoms with Crippen LogP contribution in [0.5, 0.6) is 0 Å². The van der Waals surface area contributed by atoms with Crippen molar-refractivity contribution < 1.29 is 9.18 Å². The highest BCUT2D eigenvalue weighted by Gasteiger charge is 2.32. The van der Waals surface area contributed by atoms with Crippen molar-refractivity contribution in [1.82, 2.24) is 14.9 Å². The predicted molar refractivity (Wildman–Crippen MR) is 64.0 cm³/mol. The van der Waals surface area contributed by atoms with Gasteiger partial charge in [0.2, 0.25) is 0 Å². The number of nitrogens with zero attached hydrogens (tertiary/aromatic N) is 2. The molecule has 0 bridgehead atoms. The Morgan fingerprint density at radius 2 is 2.28 bits per heavy atom. The van der Waals surface area contributed by atoms with Crippen molar-refractivity contribution in [3.05, 3.63) is 29.3 Å². The Morgan fingerprint density at radius 3 is 3.06 bits per heavy atom. The normalized spacial score (nSPS) is 18.8. The lowest BCUT2D eigenvalue weighted by Crippen LogP contribution is -2.35. The van der Waals surface area contributed by atoms with Gasteiger partial charge in [-0.3, -0.25) is 9.78 Å². The van der Waals surface area contributed by atoms with Gasteiger partial charge in [0.1, 0.15) is 11.5 Å². The average molecular weight is 245 g/mol. The van der Waals surface area contributed by atoms with E-state index >= 15 is 0 Å². The van der Waals surface area contributed by atoms with E-state index in [9.17, 15) is 9.18 Å². The van der Waals surface area contributed by atoms with E-state index in [0.717, 1.165) is 29.4 Å². The Hall–Kier alpha value is -1.91. The molecule has 92 valence electrons. The highest BCUT2D eigenvalue weighted by molar-refractivity contribution is 5.99. The van der Waals surface area contributed by atoms with Crippen LogP contribution in [0.1, 0.15) is 34.8 Å². The lowest BCUT2D eigenvalue weighted by Gasteiger charge is -2.17. The molecule has 1 amide bonds. The summed E-state index contributed by atoms with van der Waals surface area (Å²) >= 11 is 0. The topological polar surface area (TPSA) is 46.9 Å². The van der Waals surface area contributed by atoms with Crippen molar-refractivity contribution in [2.75, 3.05) is 6.54 Å². The Kier molecular flexibility index (Phi) is 1.85. The molecule has 1 saturated carbocycles. The van der Waals surface area contributed by atoms with Crippen LogP contribution >= 0.6 is 0 Å². The molecular formula is C13H12FN3O. The van der Waals surface area contributed by atoms with Crippen molar-refractivity contribution >= 4 is 16.9 Å². The summed E-state index contributed by atoms with van der Waals surface area (Å²) < 4.78 is 15.9. The van der Waals surface area contributed by atoms with Crippen LogP contribution in [0.2, 0.25) is 0 Å². The Labute approximate surface area is 103 Å². The fourth-order valence-electron chi connectivity index (χ4n) is 2.78. The zero-order valence-electron chi connectivity index (χ0n) is 9.74. The molecule has 0 radical (unpaired) electrons. The third kappa shape index (κ3) is 1.24. The van der Waals surface area contributed by atoms with Gasteiger partial charge in [-0.15, -0.1) is 0 Å². The molecule has 1 aliphatic carbocycles. The smallest absolute Gasteiger partial charge is 0.268 e. The zero-order chi connectivity index (χ0) is 12.3. The fraction of sp³-hybridized carbons (Fsp3) is 0.385. The number of hydrogen-bond acceptors (Lipinski definition) is 2. The van der Waals surface area contributed by atoms with E-state index < -0.39 is 0 Å². The van der Waals surface area contributed by atoms with Crippen molar-refractivity contribution in [3.63, 3.8) is 0 Å². The molecule has 0 atom stereocenters. The van der Waals surface area contributed by atoms with Gasteiger partial charge in [-0.1, -0.05) is 0 Å². The van der Waals surface area contributed by atoms with Gasteiger partial charge < -0.3 is 9.88 Å². The van der Waals surface area contributed by atoms with Crippen LogP contribution in [-0.2, 0) is 6.54 Å². The van der Waals surface area contributed by atoms with E-state index in [1.165, 1.54) is 6.20 Å². The molecule has 18 heavy (non-hydrogen) atoms. The average Bonchev–Trinajstić information content (AvgIpc) is 3.11. The minimum Gasteiger partial charge on any atom is -0.349 e. The maximum atomic E-state index is 14.0. The minimum absolute atomic E-state index is 0.0959. The van der Waals surface area contributed by atoms with Crippen LogP contribution in [-0.4, -0.2) is 22.0 Å². The van der Waals surface area contributed by atoms with Gasteiger partial charge in [-0.2, -0.15) is 0 Å². The second kappa shape index (κ2) is 3.31. The maximum Gasteiger partial charge on any atom is 0.268 e. The van der Waals surface area contributed by atoms with Gasteiger partial charge in [-0.05, 0) is 24.8 Å². The second-order valence-corrected chi connectivity index (χ2v) is 4.97. The van der Waals surface area contributed by atoms with Crippen molar-refractivity contribution in [3.8, 4) is 0 Å². The second-order valence-electron chi connectivity index (χ2n) is 4.97. The van der Waals surface area contributed by atoms with E-state index in [4.69, 9.17) is 0 Å². The number of aromatic nitrogens is 2. The molecule has 1 fully saturated rings. The Balaban J connectivity index is 2.09. The number of halogens is 1. The highest BCUT2D eigenvalue weighted by atomic mass is 19.1. The summed E-state index contributed by atoms with van der Waals surface area (Å²) in [4.78, 5) is 15.9. The quantitative estimate of drug-likeness (QED) is 0.832. The molecule has 2 aromatic rings. The lowest BCUT2D eigenvalue weighted by atomic mass is 10.1. The molecule has 0 aromatic carbocycles. The third-order valence-corrected chi connectivity index (χ3v) is 3.75. The number of fused-ring (bicyclic) bond motifs is 3. The van der Waals surface area contributed by atoms with Gasteiger partial charge in [-0.25, -0.2) is 4.39 Å². The van der Waals surface area contributed by atoms with Crippen molar-refractivity contribution in [2.45, 2.75) is 25.3 Å². The largest absolute Gasteiger partial charge is 0.349 e. The molecule has 0 spiro atoms. The summed E-state index contributed by atoms with van der Waals surface area (Å²) in [5, 5.41) is 2.80. The number of carbonyl (C=O) groups is 1. The summed E-state index contributed by atoms with van der Waals surface area (Å²) in [7, 11) is 0. The first kappa shape index (κ1) is 10.1. The van der Waals surface area contributed by atoms with Gasteiger partial charge in [0.05, 0.1) is 17.2 Å². The summed E-state index contributed by atoms with van der Waals surface area (Å²) in [6.07, 6.45) is 3.34. The molecule has 5 heteroatoms. The highest BCUT2D eigenvalue weighted by Crippen LogP contribution is 2.44. The fourth-order valence-corrected chi connectivity index (χ4v) is 2.78. The molecule has 4 nitrogen and oxygen atoms in total. The molecule has 1 aliphatic heterocycles. The monoisotopic (exact) mass is 245 g/mol. The third-order valence-electron chi connectivity index (χ3n) is 3.75. The number of carbonyl (C=O) groups excluding carboxylic acids is 1. The Bertz CT molecular complexity index is 672. The van der Waals surface area contributed by atoms with E-state index in [2.05, 4.69) is 10.3 Å². The first-order valence-corrected chi connectivity index (χ1v) is 6.21. The molecule has 2 aliphatic rings.